The summed E-state index contributed by atoms with van der Waals surface area (Å²) in [7, 11) is 0. The number of nitrogens with zero attached hydrogens (tertiary/aromatic N) is 2. The quantitative estimate of drug-likeness (QED) is 0.520. The van der Waals surface area contributed by atoms with Gasteiger partial charge in [-0.25, -0.2) is 0 Å². The highest BCUT2D eigenvalue weighted by Crippen LogP contribution is 2.42. The summed E-state index contributed by atoms with van der Waals surface area (Å²) in [6.07, 6.45) is 0.525. The predicted octanol–water partition coefficient (Wildman–Crippen LogP) is 4.36. The Morgan fingerprint density at radius 2 is 1.64 bits per heavy atom. The molecule has 0 saturated carbocycles. The molecule has 5 heteroatoms. The Balaban J connectivity index is 1.44. The minimum atomic E-state index is -0.506. The molecule has 2 atom stereocenters. The molecule has 2 amide bonds. The average molecular weight is 436 g/mol. The van der Waals surface area contributed by atoms with Crippen LogP contribution >= 0.6 is 0 Å². The average Bonchev–Trinajstić information content (AvgIpc) is 3.21. The maximum Gasteiger partial charge on any atom is 0.246 e. The van der Waals surface area contributed by atoms with Crippen LogP contribution in [0.4, 0.5) is 0 Å². The molecule has 1 N–H and O–H groups in total. The highest BCUT2D eigenvalue weighted by molar-refractivity contribution is 5.97. The number of aromatic nitrogens is 1. The number of benzene rings is 3. The number of H-pyrrole nitrogens is 1. The van der Waals surface area contributed by atoms with Crippen molar-refractivity contribution in [3.63, 3.8) is 0 Å². The molecule has 2 aliphatic rings. The van der Waals surface area contributed by atoms with Crippen LogP contribution in [-0.2, 0) is 22.6 Å². The number of aromatic amines is 1. The first-order valence-electron chi connectivity index (χ1n) is 11.4. The van der Waals surface area contributed by atoms with Crippen molar-refractivity contribution in [2.45, 2.75) is 32.0 Å². The number of piperazine rings is 1. The standard InChI is InChI=1S/C28H25N3O2/c1-18-11-13-19(14-12-18)16-30-17-25(32)31-24(28(30)33)15-22-21-9-5-6-10-23(21)29-26(22)27(31)20-7-3-2-4-8-20/h2-14,24,27,29H,15-17H2,1H3/t24-,27?/m1/s1. The molecule has 2 aliphatic heterocycles. The van der Waals surface area contributed by atoms with Crippen molar-refractivity contribution in [3.8, 4) is 0 Å². The van der Waals surface area contributed by atoms with Gasteiger partial charge in [0.15, 0.2) is 0 Å². The number of aryl methyl sites for hydroxylation is 1. The van der Waals surface area contributed by atoms with Crippen LogP contribution in [0.2, 0.25) is 0 Å². The molecular weight excluding hydrogens is 410 g/mol. The van der Waals surface area contributed by atoms with Gasteiger partial charge in [-0.15, -0.1) is 0 Å². The molecule has 164 valence electrons. The highest BCUT2D eigenvalue weighted by atomic mass is 16.2. The van der Waals surface area contributed by atoms with Crippen LogP contribution in [0.15, 0.2) is 78.9 Å². The van der Waals surface area contributed by atoms with Gasteiger partial charge in [-0.2, -0.15) is 0 Å². The number of carbonyl (C=O) groups is 2. The van der Waals surface area contributed by atoms with Gasteiger partial charge in [0, 0.05) is 29.6 Å². The summed E-state index contributed by atoms with van der Waals surface area (Å²) < 4.78 is 0. The number of rotatable bonds is 3. The lowest BCUT2D eigenvalue weighted by Gasteiger charge is -2.47. The predicted molar refractivity (Wildman–Crippen MR) is 128 cm³/mol. The number of amides is 2. The first-order valence-corrected chi connectivity index (χ1v) is 11.4. The Kier molecular flexibility index (Phi) is 4.57. The van der Waals surface area contributed by atoms with Gasteiger partial charge in [0.2, 0.25) is 11.8 Å². The summed E-state index contributed by atoms with van der Waals surface area (Å²) in [5, 5.41) is 1.13. The maximum atomic E-state index is 13.7. The van der Waals surface area contributed by atoms with E-state index in [1.54, 1.807) is 4.90 Å². The molecule has 0 aliphatic carbocycles. The topological polar surface area (TPSA) is 56.4 Å². The summed E-state index contributed by atoms with van der Waals surface area (Å²) in [5.74, 6) is 0.0110. The van der Waals surface area contributed by atoms with Crippen molar-refractivity contribution in [2.75, 3.05) is 6.54 Å². The largest absolute Gasteiger partial charge is 0.356 e. The van der Waals surface area contributed by atoms with Gasteiger partial charge in [-0.3, -0.25) is 9.59 Å². The van der Waals surface area contributed by atoms with Crippen LogP contribution in [0.5, 0.6) is 0 Å². The van der Waals surface area contributed by atoms with Crippen LogP contribution in [-0.4, -0.2) is 39.2 Å². The van der Waals surface area contributed by atoms with E-state index in [0.29, 0.717) is 13.0 Å². The van der Waals surface area contributed by atoms with Crippen molar-refractivity contribution in [2.24, 2.45) is 0 Å². The van der Waals surface area contributed by atoms with Crippen LogP contribution in [0, 0.1) is 6.92 Å². The molecule has 3 aromatic carbocycles. The van der Waals surface area contributed by atoms with Crippen LogP contribution in [0.1, 0.15) is 34.0 Å². The Bertz CT molecular complexity index is 1360. The summed E-state index contributed by atoms with van der Waals surface area (Å²) in [6, 6.07) is 25.6. The first-order chi connectivity index (χ1) is 16.1. The lowest BCUT2D eigenvalue weighted by Crippen LogP contribution is -2.62. The van der Waals surface area contributed by atoms with Crippen LogP contribution in [0.25, 0.3) is 10.9 Å². The summed E-state index contributed by atoms with van der Waals surface area (Å²) in [4.78, 5) is 34.4. The SMILES string of the molecule is Cc1ccc(CN2CC(=O)N3C(c4ccccc4)c4[nH]c5ccccc5c4C[C@@H]3C2=O)cc1. The van der Waals surface area contributed by atoms with E-state index in [1.807, 2.05) is 78.6 Å². The maximum absolute atomic E-state index is 13.7. The zero-order valence-electron chi connectivity index (χ0n) is 18.5. The van der Waals surface area contributed by atoms with Gasteiger partial charge in [0.05, 0.1) is 6.04 Å². The molecular formula is C28H25N3O2. The monoisotopic (exact) mass is 435 g/mol. The summed E-state index contributed by atoms with van der Waals surface area (Å²) in [5.41, 5.74) is 6.43. The molecule has 1 unspecified atom stereocenters. The van der Waals surface area contributed by atoms with Crippen molar-refractivity contribution in [3.05, 3.63) is 107 Å². The van der Waals surface area contributed by atoms with Gasteiger partial charge < -0.3 is 14.8 Å². The second-order valence-corrected chi connectivity index (χ2v) is 9.08. The zero-order chi connectivity index (χ0) is 22.5. The molecule has 5 nitrogen and oxygen atoms in total. The zero-order valence-corrected chi connectivity index (χ0v) is 18.5. The van der Waals surface area contributed by atoms with E-state index in [-0.39, 0.29) is 24.4 Å². The number of fused-ring (bicyclic) bond motifs is 4. The molecule has 1 fully saturated rings. The molecule has 0 radical (unpaired) electrons. The minimum Gasteiger partial charge on any atom is -0.356 e. The third-order valence-corrected chi connectivity index (χ3v) is 6.95. The fraction of sp³-hybridized carbons (Fsp3) is 0.214. The fourth-order valence-electron chi connectivity index (χ4n) is 5.35. The van der Waals surface area contributed by atoms with Crippen molar-refractivity contribution in [1.82, 2.24) is 14.8 Å². The van der Waals surface area contributed by atoms with E-state index >= 15 is 0 Å². The van der Waals surface area contributed by atoms with E-state index in [2.05, 4.69) is 17.1 Å². The lowest BCUT2D eigenvalue weighted by molar-refractivity contribution is -0.159. The van der Waals surface area contributed by atoms with Gasteiger partial charge >= 0.3 is 0 Å². The van der Waals surface area contributed by atoms with Crippen LogP contribution in [0.3, 0.4) is 0 Å². The number of para-hydroxylation sites is 1. The molecule has 1 aromatic heterocycles. The summed E-state index contributed by atoms with van der Waals surface area (Å²) >= 11 is 0. The van der Waals surface area contributed by atoms with Gasteiger partial charge in [-0.05, 0) is 29.7 Å². The molecule has 6 rings (SSSR count). The number of nitrogens with one attached hydrogen (secondary N) is 1. The van der Waals surface area contributed by atoms with E-state index < -0.39 is 6.04 Å². The van der Waals surface area contributed by atoms with E-state index in [0.717, 1.165) is 33.3 Å². The number of hydrogen-bond donors (Lipinski definition) is 1. The fourth-order valence-corrected chi connectivity index (χ4v) is 5.35. The highest BCUT2D eigenvalue weighted by Gasteiger charge is 2.48. The van der Waals surface area contributed by atoms with E-state index in [4.69, 9.17) is 0 Å². The molecule has 1 saturated heterocycles. The third kappa shape index (κ3) is 3.23. The normalized spacial score (nSPS) is 20.2. The van der Waals surface area contributed by atoms with E-state index in [9.17, 15) is 9.59 Å². The minimum absolute atomic E-state index is 0.00938. The van der Waals surface area contributed by atoms with Gasteiger partial charge in [0.1, 0.15) is 12.6 Å². The molecule has 0 spiro atoms. The van der Waals surface area contributed by atoms with Crippen molar-refractivity contribution in [1.29, 1.82) is 0 Å². The Hall–Kier alpha value is -3.86. The second-order valence-electron chi connectivity index (χ2n) is 9.08. The number of hydrogen-bond acceptors (Lipinski definition) is 2. The van der Waals surface area contributed by atoms with Crippen molar-refractivity contribution < 1.29 is 9.59 Å². The molecule has 4 aromatic rings. The van der Waals surface area contributed by atoms with Gasteiger partial charge in [0.25, 0.3) is 0 Å². The smallest absolute Gasteiger partial charge is 0.246 e. The molecule has 0 bridgehead atoms. The Morgan fingerprint density at radius 3 is 2.42 bits per heavy atom. The molecule has 33 heavy (non-hydrogen) atoms. The number of carbonyl (C=O) groups excluding carboxylic acids is 2. The lowest BCUT2D eigenvalue weighted by atomic mass is 9.86. The summed E-state index contributed by atoms with van der Waals surface area (Å²) in [6.45, 7) is 2.59. The Morgan fingerprint density at radius 1 is 0.909 bits per heavy atom. The van der Waals surface area contributed by atoms with Crippen molar-refractivity contribution >= 4 is 22.7 Å². The van der Waals surface area contributed by atoms with E-state index in [1.165, 1.54) is 5.56 Å². The Labute approximate surface area is 192 Å². The first kappa shape index (κ1) is 19.8. The van der Waals surface area contributed by atoms with Gasteiger partial charge in [-0.1, -0.05) is 78.4 Å². The molecule has 3 heterocycles. The van der Waals surface area contributed by atoms with Crippen LogP contribution < -0.4 is 0 Å². The second kappa shape index (κ2) is 7.62. The third-order valence-electron chi connectivity index (χ3n) is 6.95.